The fourth-order valence-electron chi connectivity index (χ4n) is 2.02. The van der Waals surface area contributed by atoms with Crippen LogP contribution < -0.4 is 14.8 Å². The third-order valence-corrected chi connectivity index (χ3v) is 3.67. The molecule has 1 amide bonds. The van der Waals surface area contributed by atoms with E-state index >= 15 is 0 Å². The lowest BCUT2D eigenvalue weighted by atomic mass is 10.2. The van der Waals surface area contributed by atoms with Crippen molar-refractivity contribution in [1.29, 1.82) is 0 Å². The van der Waals surface area contributed by atoms with E-state index in [1.165, 1.54) is 13.2 Å². The molecule has 0 aliphatic rings. The fourth-order valence-corrected chi connectivity index (χ4v) is 2.17. The lowest BCUT2D eigenvalue weighted by molar-refractivity contribution is -0.111. The summed E-state index contributed by atoms with van der Waals surface area (Å²) in [5, 5.41) is 3.38. The lowest BCUT2D eigenvalue weighted by Gasteiger charge is -2.11. The van der Waals surface area contributed by atoms with E-state index in [1.54, 1.807) is 25.3 Å². The maximum Gasteiger partial charge on any atom is 0.248 e. The molecule has 0 aromatic heterocycles. The zero-order chi connectivity index (χ0) is 16.8. The minimum atomic E-state index is -0.257. The lowest BCUT2D eigenvalue weighted by Crippen LogP contribution is -2.09. The van der Waals surface area contributed by atoms with E-state index in [1.807, 2.05) is 31.2 Å². The summed E-state index contributed by atoms with van der Waals surface area (Å²) in [6.45, 7) is 1.86. The molecule has 2 rings (SSSR count). The van der Waals surface area contributed by atoms with Gasteiger partial charge in [-0.1, -0.05) is 23.7 Å². The molecule has 0 saturated carbocycles. The van der Waals surface area contributed by atoms with Gasteiger partial charge in [-0.15, -0.1) is 0 Å². The molecule has 0 saturated heterocycles. The SMILES string of the molecule is COc1cccc(/C=C/C(=O)Nc2cc(C)c(Cl)cc2OC)c1. The highest BCUT2D eigenvalue weighted by Crippen LogP contribution is 2.30. The molecule has 23 heavy (non-hydrogen) atoms. The minimum Gasteiger partial charge on any atom is -0.497 e. The number of ether oxygens (including phenoxy) is 2. The van der Waals surface area contributed by atoms with Crippen molar-refractivity contribution in [1.82, 2.24) is 0 Å². The average molecular weight is 332 g/mol. The van der Waals surface area contributed by atoms with Crippen molar-refractivity contribution in [3.63, 3.8) is 0 Å². The summed E-state index contributed by atoms with van der Waals surface area (Å²) in [6.07, 6.45) is 3.17. The van der Waals surface area contributed by atoms with Crippen LogP contribution in [0.15, 0.2) is 42.5 Å². The van der Waals surface area contributed by atoms with Gasteiger partial charge in [0, 0.05) is 17.2 Å². The van der Waals surface area contributed by atoms with Crippen LogP contribution in [-0.4, -0.2) is 20.1 Å². The number of aryl methyl sites for hydroxylation is 1. The van der Waals surface area contributed by atoms with E-state index in [2.05, 4.69) is 5.32 Å². The molecule has 1 N–H and O–H groups in total. The molecular weight excluding hydrogens is 314 g/mol. The molecule has 5 heteroatoms. The maximum absolute atomic E-state index is 12.1. The standard InChI is InChI=1S/C18H18ClNO3/c1-12-9-16(17(23-3)11-15(12)19)20-18(21)8-7-13-5-4-6-14(10-13)22-2/h4-11H,1-3H3,(H,20,21)/b8-7+. The first kappa shape index (κ1) is 16.9. The fraction of sp³-hybridized carbons (Fsp3) is 0.167. The minimum absolute atomic E-state index is 0.257. The van der Waals surface area contributed by atoms with Crippen LogP contribution in [0.5, 0.6) is 11.5 Å². The van der Waals surface area contributed by atoms with E-state index < -0.39 is 0 Å². The molecule has 0 bridgehead atoms. The number of benzene rings is 2. The summed E-state index contributed by atoms with van der Waals surface area (Å²) in [7, 11) is 3.13. The van der Waals surface area contributed by atoms with Crippen LogP contribution in [0.4, 0.5) is 5.69 Å². The molecule has 0 fully saturated rings. The normalized spacial score (nSPS) is 10.6. The summed E-state index contributed by atoms with van der Waals surface area (Å²) in [5.41, 5.74) is 2.31. The van der Waals surface area contributed by atoms with Gasteiger partial charge in [0.2, 0.25) is 5.91 Å². The van der Waals surface area contributed by atoms with Gasteiger partial charge >= 0.3 is 0 Å². The molecule has 0 heterocycles. The van der Waals surface area contributed by atoms with E-state index in [9.17, 15) is 4.79 Å². The van der Waals surface area contributed by atoms with Crippen LogP contribution in [0.3, 0.4) is 0 Å². The number of nitrogens with one attached hydrogen (secondary N) is 1. The number of hydrogen-bond acceptors (Lipinski definition) is 3. The highest BCUT2D eigenvalue weighted by atomic mass is 35.5. The molecule has 2 aromatic carbocycles. The van der Waals surface area contributed by atoms with Crippen LogP contribution in [0.2, 0.25) is 5.02 Å². The molecule has 0 spiro atoms. The van der Waals surface area contributed by atoms with Crippen LogP contribution in [0.25, 0.3) is 6.08 Å². The average Bonchev–Trinajstić information content (AvgIpc) is 2.56. The van der Waals surface area contributed by atoms with Gasteiger partial charge in [-0.25, -0.2) is 0 Å². The Morgan fingerprint density at radius 2 is 1.96 bits per heavy atom. The molecule has 120 valence electrons. The zero-order valence-electron chi connectivity index (χ0n) is 13.2. The Labute approximate surface area is 140 Å². The Kier molecular flexibility index (Phi) is 5.66. The Balaban J connectivity index is 2.13. The monoisotopic (exact) mass is 331 g/mol. The van der Waals surface area contributed by atoms with Gasteiger partial charge in [-0.05, 0) is 42.3 Å². The first-order chi connectivity index (χ1) is 11.0. The number of carbonyl (C=O) groups excluding carboxylic acids is 1. The zero-order valence-corrected chi connectivity index (χ0v) is 14.0. The van der Waals surface area contributed by atoms with Gasteiger partial charge in [0.05, 0.1) is 19.9 Å². The number of rotatable bonds is 5. The van der Waals surface area contributed by atoms with Crippen molar-refractivity contribution in [3.05, 3.63) is 58.6 Å². The molecule has 0 aliphatic carbocycles. The molecule has 0 atom stereocenters. The largest absolute Gasteiger partial charge is 0.497 e. The van der Waals surface area contributed by atoms with Crippen LogP contribution in [0.1, 0.15) is 11.1 Å². The van der Waals surface area contributed by atoms with Gasteiger partial charge in [0.25, 0.3) is 0 Å². The summed E-state index contributed by atoms with van der Waals surface area (Å²) < 4.78 is 10.4. The van der Waals surface area contributed by atoms with Crippen molar-refractivity contribution < 1.29 is 14.3 Å². The molecule has 0 radical (unpaired) electrons. The highest BCUT2D eigenvalue weighted by Gasteiger charge is 2.08. The van der Waals surface area contributed by atoms with E-state index in [0.29, 0.717) is 16.5 Å². The van der Waals surface area contributed by atoms with E-state index in [-0.39, 0.29) is 5.91 Å². The van der Waals surface area contributed by atoms with Crippen molar-refractivity contribution in [2.45, 2.75) is 6.92 Å². The van der Waals surface area contributed by atoms with Crippen LogP contribution in [-0.2, 0) is 4.79 Å². The Hall–Kier alpha value is -2.46. The predicted octanol–water partition coefficient (Wildman–Crippen LogP) is 4.32. The Bertz CT molecular complexity index is 741. The van der Waals surface area contributed by atoms with E-state index in [0.717, 1.165) is 16.9 Å². The van der Waals surface area contributed by atoms with Gasteiger partial charge in [0.1, 0.15) is 11.5 Å². The summed E-state index contributed by atoms with van der Waals surface area (Å²) in [5.74, 6) is 0.999. The van der Waals surface area contributed by atoms with Crippen molar-refractivity contribution >= 4 is 29.3 Å². The number of amides is 1. The first-order valence-electron chi connectivity index (χ1n) is 7.00. The quantitative estimate of drug-likeness (QED) is 0.830. The molecular formula is C18H18ClNO3. The number of halogens is 1. The second kappa shape index (κ2) is 7.70. The van der Waals surface area contributed by atoms with Crippen LogP contribution >= 0.6 is 11.6 Å². The van der Waals surface area contributed by atoms with E-state index in [4.69, 9.17) is 21.1 Å². The highest BCUT2D eigenvalue weighted by molar-refractivity contribution is 6.31. The van der Waals surface area contributed by atoms with Gasteiger partial charge < -0.3 is 14.8 Å². The topological polar surface area (TPSA) is 47.6 Å². The third kappa shape index (κ3) is 4.50. The number of methoxy groups -OCH3 is 2. The van der Waals surface area contributed by atoms with Crippen LogP contribution in [0, 0.1) is 6.92 Å². The first-order valence-corrected chi connectivity index (χ1v) is 7.38. The number of anilines is 1. The molecule has 0 unspecified atom stereocenters. The smallest absolute Gasteiger partial charge is 0.248 e. The molecule has 0 aliphatic heterocycles. The summed E-state index contributed by atoms with van der Waals surface area (Å²) in [4.78, 5) is 12.1. The Morgan fingerprint density at radius 1 is 1.17 bits per heavy atom. The van der Waals surface area contributed by atoms with Gasteiger partial charge in [-0.2, -0.15) is 0 Å². The van der Waals surface area contributed by atoms with Gasteiger partial charge in [-0.3, -0.25) is 4.79 Å². The second-order valence-corrected chi connectivity index (χ2v) is 5.31. The maximum atomic E-state index is 12.1. The summed E-state index contributed by atoms with van der Waals surface area (Å²) in [6, 6.07) is 10.9. The van der Waals surface area contributed by atoms with Crippen molar-refractivity contribution in [2.24, 2.45) is 0 Å². The number of carbonyl (C=O) groups is 1. The third-order valence-electron chi connectivity index (χ3n) is 3.26. The van der Waals surface area contributed by atoms with Gasteiger partial charge in [0.15, 0.2) is 0 Å². The summed E-state index contributed by atoms with van der Waals surface area (Å²) >= 11 is 6.05. The number of hydrogen-bond donors (Lipinski definition) is 1. The van der Waals surface area contributed by atoms with Crippen molar-refractivity contribution in [2.75, 3.05) is 19.5 Å². The molecule has 2 aromatic rings. The predicted molar refractivity (Wildman–Crippen MR) is 93.4 cm³/mol. The second-order valence-electron chi connectivity index (χ2n) is 4.90. The van der Waals surface area contributed by atoms with Crippen molar-refractivity contribution in [3.8, 4) is 11.5 Å². The Morgan fingerprint density at radius 3 is 2.65 bits per heavy atom. The molecule has 4 nitrogen and oxygen atoms in total.